The molecule has 0 heterocycles. The predicted molar refractivity (Wildman–Crippen MR) is 226 cm³/mol. The molecule has 0 saturated heterocycles. The zero-order valence-corrected chi connectivity index (χ0v) is 35.0. The van der Waals surface area contributed by atoms with E-state index >= 15 is 0 Å². The molecule has 0 N–H and O–H groups in total. The van der Waals surface area contributed by atoms with Crippen LogP contribution in [0.4, 0.5) is 0 Å². The van der Waals surface area contributed by atoms with E-state index in [4.69, 9.17) is 14.2 Å². The molecule has 0 aromatic rings. The maximum Gasteiger partial charge on any atom is 0.306 e. The van der Waals surface area contributed by atoms with Crippen LogP contribution in [0.15, 0.2) is 97.2 Å². The second kappa shape index (κ2) is 37.2. The number of carbonyl (C=O) groups excluding carboxylic acids is 3. The standard InChI is InChI=1S/C47H75NO7/c1-6-8-10-12-14-16-18-20-22-24-26-28-30-32-34-36-38-46(50)55-43(41-53-40-39-44(47(51)52)48(3,4)5)42-54-45(49)37-35-33-31-29-27-25-23-21-19-17-15-13-11-9-7-2/h8-11,13-17,19-20,22,26,28,32,34,43-44H,6-7,12,18,21,23-25,27,29-31,33,35-42H2,1-5H3/b10-8+,11-9+,15-13+,16-14+,19-17+,22-20+,28-26+,34-32+. The number of carbonyl (C=O) groups is 3. The topological polar surface area (TPSA) is 102 Å². The first-order valence-corrected chi connectivity index (χ1v) is 20.8. The van der Waals surface area contributed by atoms with E-state index in [1.807, 2.05) is 12.2 Å². The van der Waals surface area contributed by atoms with Crippen molar-refractivity contribution in [2.45, 2.75) is 142 Å². The molecule has 0 radical (unpaired) electrons. The lowest BCUT2D eigenvalue weighted by molar-refractivity contribution is -0.889. The molecular formula is C47H75NO7. The fraction of sp³-hybridized carbons (Fsp3) is 0.596. The third-order valence-electron chi connectivity index (χ3n) is 8.54. The number of likely N-dealkylation sites (N-methyl/N-ethyl adjacent to an activating group) is 1. The van der Waals surface area contributed by atoms with Crippen molar-refractivity contribution in [3.05, 3.63) is 97.2 Å². The van der Waals surface area contributed by atoms with Gasteiger partial charge in [0.15, 0.2) is 6.10 Å². The number of unbranched alkanes of at least 4 members (excludes halogenated alkanes) is 7. The van der Waals surface area contributed by atoms with E-state index in [1.54, 1.807) is 21.1 Å². The van der Waals surface area contributed by atoms with Gasteiger partial charge in [-0.25, -0.2) is 0 Å². The van der Waals surface area contributed by atoms with Gasteiger partial charge in [-0.05, 0) is 64.2 Å². The second-order valence-electron chi connectivity index (χ2n) is 14.5. The molecule has 310 valence electrons. The highest BCUT2D eigenvalue weighted by atomic mass is 16.6. The van der Waals surface area contributed by atoms with Crippen molar-refractivity contribution in [2.75, 3.05) is 41.0 Å². The average Bonchev–Trinajstić information content (AvgIpc) is 3.14. The Kier molecular flexibility index (Phi) is 34.7. The number of rotatable bonds is 35. The van der Waals surface area contributed by atoms with Gasteiger partial charge in [-0.1, -0.05) is 143 Å². The van der Waals surface area contributed by atoms with Gasteiger partial charge >= 0.3 is 11.9 Å². The Hall–Kier alpha value is -3.75. The second-order valence-corrected chi connectivity index (χ2v) is 14.5. The van der Waals surface area contributed by atoms with Crippen molar-refractivity contribution in [1.29, 1.82) is 0 Å². The van der Waals surface area contributed by atoms with Crippen LogP contribution in [0.5, 0.6) is 0 Å². The molecule has 8 nitrogen and oxygen atoms in total. The van der Waals surface area contributed by atoms with E-state index < -0.39 is 24.1 Å². The summed E-state index contributed by atoms with van der Waals surface area (Å²) >= 11 is 0. The summed E-state index contributed by atoms with van der Waals surface area (Å²) in [6, 6.07) is -0.745. The SMILES string of the molecule is CC/C=C/C=C/C=C/CCCCCCCCCC(=O)OCC(COCCC(C(=O)[O-])[N+](C)(C)C)OC(=O)CC/C=C/C/C=C/C/C=C/C/C=C/C/C=C/CC. The molecule has 8 heteroatoms. The summed E-state index contributed by atoms with van der Waals surface area (Å²) < 4.78 is 17.0. The molecule has 55 heavy (non-hydrogen) atoms. The number of nitrogens with zero attached hydrogens (tertiary/aromatic N) is 1. The Morgan fingerprint density at radius 3 is 1.65 bits per heavy atom. The number of carboxylic acids is 1. The van der Waals surface area contributed by atoms with Crippen LogP contribution in [0.3, 0.4) is 0 Å². The van der Waals surface area contributed by atoms with E-state index in [-0.39, 0.29) is 43.1 Å². The number of carboxylic acid groups (broad SMARTS) is 1. The Morgan fingerprint density at radius 1 is 0.564 bits per heavy atom. The van der Waals surface area contributed by atoms with Gasteiger partial charge in [0.1, 0.15) is 12.6 Å². The summed E-state index contributed by atoms with van der Waals surface area (Å²) in [6.45, 7) is 4.29. The van der Waals surface area contributed by atoms with Crippen LogP contribution in [0.25, 0.3) is 0 Å². The first-order chi connectivity index (χ1) is 26.6. The number of esters is 2. The molecule has 0 aromatic heterocycles. The fourth-order valence-corrected chi connectivity index (χ4v) is 5.35. The highest BCUT2D eigenvalue weighted by Gasteiger charge is 2.25. The van der Waals surface area contributed by atoms with Crippen LogP contribution in [-0.2, 0) is 28.6 Å². The number of ether oxygens (including phenoxy) is 3. The summed E-state index contributed by atoms with van der Waals surface area (Å²) in [5.41, 5.74) is 0. The summed E-state index contributed by atoms with van der Waals surface area (Å²) in [4.78, 5) is 36.8. The highest BCUT2D eigenvalue weighted by molar-refractivity contribution is 5.70. The van der Waals surface area contributed by atoms with E-state index in [0.717, 1.165) is 70.6 Å². The Morgan fingerprint density at radius 2 is 1.09 bits per heavy atom. The number of hydrogen-bond acceptors (Lipinski definition) is 7. The van der Waals surface area contributed by atoms with Crippen molar-refractivity contribution in [3.8, 4) is 0 Å². The smallest absolute Gasteiger partial charge is 0.306 e. The Labute approximate surface area is 335 Å². The molecule has 0 aliphatic rings. The van der Waals surface area contributed by atoms with Crippen LogP contribution in [0.2, 0.25) is 0 Å². The highest BCUT2D eigenvalue weighted by Crippen LogP contribution is 2.12. The van der Waals surface area contributed by atoms with Crippen molar-refractivity contribution in [2.24, 2.45) is 0 Å². The minimum absolute atomic E-state index is 0.000392. The lowest BCUT2D eigenvalue weighted by Crippen LogP contribution is -2.55. The molecule has 2 atom stereocenters. The van der Waals surface area contributed by atoms with Gasteiger partial charge in [0.25, 0.3) is 0 Å². The van der Waals surface area contributed by atoms with Crippen LogP contribution in [0.1, 0.15) is 129 Å². The van der Waals surface area contributed by atoms with Gasteiger partial charge in [0.05, 0.1) is 40.3 Å². The lowest BCUT2D eigenvalue weighted by atomic mass is 10.1. The van der Waals surface area contributed by atoms with Crippen LogP contribution in [0, 0.1) is 0 Å². The van der Waals surface area contributed by atoms with Gasteiger partial charge in [-0.3, -0.25) is 9.59 Å². The normalized spacial score (nSPS) is 14.0. The summed E-state index contributed by atoms with van der Waals surface area (Å²) in [5, 5.41) is 11.6. The lowest BCUT2D eigenvalue weighted by Gasteiger charge is -2.34. The minimum Gasteiger partial charge on any atom is -0.544 e. The van der Waals surface area contributed by atoms with E-state index in [0.29, 0.717) is 12.8 Å². The van der Waals surface area contributed by atoms with Gasteiger partial charge in [0, 0.05) is 19.3 Å². The minimum atomic E-state index is -1.14. The molecule has 0 rings (SSSR count). The third-order valence-corrected chi connectivity index (χ3v) is 8.54. The molecular weight excluding hydrogens is 691 g/mol. The first kappa shape index (κ1) is 51.2. The number of aliphatic carboxylic acids is 1. The first-order valence-electron chi connectivity index (χ1n) is 20.8. The summed E-state index contributed by atoms with van der Waals surface area (Å²) in [5.74, 6) is -1.87. The van der Waals surface area contributed by atoms with Crippen LogP contribution >= 0.6 is 0 Å². The number of hydrogen-bond donors (Lipinski definition) is 0. The zero-order valence-electron chi connectivity index (χ0n) is 35.0. The number of quaternary nitrogens is 1. The van der Waals surface area contributed by atoms with Crippen molar-refractivity contribution < 1.29 is 38.2 Å². The molecule has 0 aliphatic heterocycles. The summed E-state index contributed by atoms with van der Waals surface area (Å²) in [6.07, 6.45) is 48.7. The largest absolute Gasteiger partial charge is 0.544 e. The molecule has 0 aliphatic carbocycles. The van der Waals surface area contributed by atoms with E-state index in [1.165, 1.54) is 19.3 Å². The fourth-order valence-electron chi connectivity index (χ4n) is 5.35. The molecule has 0 spiro atoms. The van der Waals surface area contributed by atoms with Gasteiger partial charge < -0.3 is 28.6 Å². The zero-order chi connectivity index (χ0) is 40.7. The van der Waals surface area contributed by atoms with Crippen LogP contribution < -0.4 is 5.11 Å². The predicted octanol–water partition coefficient (Wildman–Crippen LogP) is 9.79. The Balaban J connectivity index is 4.54. The molecule has 0 bridgehead atoms. The van der Waals surface area contributed by atoms with Gasteiger partial charge in [0.2, 0.25) is 0 Å². The van der Waals surface area contributed by atoms with Crippen molar-refractivity contribution in [1.82, 2.24) is 0 Å². The monoisotopic (exact) mass is 766 g/mol. The third kappa shape index (κ3) is 35.7. The van der Waals surface area contributed by atoms with Crippen LogP contribution in [-0.4, -0.2) is 75.5 Å². The maximum absolute atomic E-state index is 12.7. The Bertz CT molecular complexity index is 1220. The molecule has 0 fully saturated rings. The quantitative estimate of drug-likeness (QED) is 0.0208. The molecule has 0 saturated carbocycles. The molecule has 0 amide bonds. The van der Waals surface area contributed by atoms with Gasteiger partial charge in [-0.15, -0.1) is 0 Å². The van der Waals surface area contributed by atoms with Crippen molar-refractivity contribution >= 4 is 17.9 Å². The molecule has 0 aromatic carbocycles. The number of allylic oxidation sites excluding steroid dienone is 16. The maximum atomic E-state index is 12.7. The molecule has 2 unspecified atom stereocenters. The average molecular weight is 766 g/mol. The summed E-state index contributed by atoms with van der Waals surface area (Å²) in [7, 11) is 5.36. The van der Waals surface area contributed by atoms with Crippen molar-refractivity contribution in [3.63, 3.8) is 0 Å². The van der Waals surface area contributed by atoms with E-state index in [9.17, 15) is 19.5 Å². The van der Waals surface area contributed by atoms with Gasteiger partial charge in [-0.2, -0.15) is 0 Å². The van der Waals surface area contributed by atoms with E-state index in [2.05, 4.69) is 98.9 Å².